The molecule has 132 valence electrons. The Balaban J connectivity index is 1.73. The van der Waals surface area contributed by atoms with Crippen LogP contribution in [0, 0.1) is 40.4 Å². The quantitative estimate of drug-likeness (QED) is 0.374. The van der Waals surface area contributed by atoms with Gasteiger partial charge in [0.1, 0.15) is 0 Å². The number of hydrogen-bond donors (Lipinski definition) is 0. The summed E-state index contributed by atoms with van der Waals surface area (Å²) >= 11 is 8.53. The van der Waals surface area contributed by atoms with Crippen molar-refractivity contribution in [2.45, 2.75) is 88.2 Å². The highest BCUT2D eigenvalue weighted by atomic mass is 79.9. The van der Waals surface area contributed by atoms with Crippen LogP contribution in [0.2, 0.25) is 0 Å². The smallest absolute Gasteiger partial charge is 0.0333 e. The molecule has 0 amide bonds. The molecule has 0 nitrogen and oxygen atoms in total. The zero-order valence-electron chi connectivity index (χ0n) is 15.2. The Hall–Kier alpha value is 0.960. The SMILES string of the molecule is CC[C@H]1CC[C@H]2[C@@H]3CC[C@H]4CCCC[C@]4(C)[C@H]3[C@H](Br)[C@H](Br)[C@]12C. The van der Waals surface area contributed by atoms with Crippen LogP contribution in [0.5, 0.6) is 0 Å². The van der Waals surface area contributed by atoms with Crippen LogP contribution in [0.1, 0.15) is 78.6 Å². The van der Waals surface area contributed by atoms with E-state index in [1.165, 1.54) is 57.8 Å². The van der Waals surface area contributed by atoms with Gasteiger partial charge in [-0.1, -0.05) is 71.9 Å². The van der Waals surface area contributed by atoms with Crippen LogP contribution >= 0.6 is 31.9 Å². The van der Waals surface area contributed by atoms with Crippen LogP contribution in [-0.4, -0.2) is 9.65 Å². The third kappa shape index (κ3) is 2.25. The predicted octanol–water partition coefficient (Wildman–Crippen LogP) is 7.19. The van der Waals surface area contributed by atoms with Crippen LogP contribution in [0.4, 0.5) is 0 Å². The molecule has 4 saturated carbocycles. The third-order valence-electron chi connectivity index (χ3n) is 9.25. The highest BCUT2D eigenvalue weighted by Crippen LogP contribution is 2.70. The van der Waals surface area contributed by atoms with Crippen LogP contribution in [0.25, 0.3) is 0 Å². The average Bonchev–Trinajstić information content (AvgIpc) is 2.89. The van der Waals surface area contributed by atoms with Crippen molar-refractivity contribution in [3.05, 3.63) is 0 Å². The molecule has 4 rings (SSSR count). The van der Waals surface area contributed by atoms with E-state index in [0.717, 1.165) is 29.6 Å². The van der Waals surface area contributed by atoms with E-state index in [-0.39, 0.29) is 0 Å². The number of halogens is 2. The van der Waals surface area contributed by atoms with Gasteiger partial charge >= 0.3 is 0 Å². The van der Waals surface area contributed by atoms with Gasteiger partial charge in [0.25, 0.3) is 0 Å². The second-order valence-electron chi connectivity index (χ2n) is 9.72. The average molecular weight is 446 g/mol. The van der Waals surface area contributed by atoms with Crippen molar-refractivity contribution in [1.82, 2.24) is 0 Å². The van der Waals surface area contributed by atoms with Crippen molar-refractivity contribution in [3.8, 4) is 0 Å². The molecular formula is C21H34Br2. The first-order valence-corrected chi connectivity index (χ1v) is 12.1. The molecule has 0 aliphatic heterocycles. The predicted molar refractivity (Wildman–Crippen MR) is 106 cm³/mol. The number of hydrogen-bond acceptors (Lipinski definition) is 0. The van der Waals surface area contributed by atoms with Gasteiger partial charge in [-0.05, 0) is 78.9 Å². The highest BCUT2D eigenvalue weighted by molar-refractivity contribution is 9.12. The molecule has 0 aromatic heterocycles. The Morgan fingerprint density at radius 2 is 1.74 bits per heavy atom. The summed E-state index contributed by atoms with van der Waals surface area (Å²) in [6.45, 7) is 7.74. The molecule has 0 radical (unpaired) electrons. The fourth-order valence-corrected chi connectivity index (χ4v) is 10.6. The van der Waals surface area contributed by atoms with Crippen molar-refractivity contribution in [2.24, 2.45) is 40.4 Å². The third-order valence-corrected chi connectivity index (χ3v) is 12.6. The maximum absolute atomic E-state index is 4.27. The first kappa shape index (κ1) is 17.4. The van der Waals surface area contributed by atoms with Crippen molar-refractivity contribution < 1.29 is 0 Å². The van der Waals surface area contributed by atoms with Gasteiger partial charge in [-0.25, -0.2) is 0 Å². The Labute approximate surface area is 160 Å². The molecule has 0 heterocycles. The lowest BCUT2D eigenvalue weighted by Crippen LogP contribution is -2.61. The fourth-order valence-electron chi connectivity index (χ4n) is 8.04. The van der Waals surface area contributed by atoms with E-state index in [1.54, 1.807) is 0 Å². The van der Waals surface area contributed by atoms with Crippen molar-refractivity contribution >= 4 is 31.9 Å². The maximum atomic E-state index is 4.27. The summed E-state index contributed by atoms with van der Waals surface area (Å²) in [5.74, 6) is 4.78. The van der Waals surface area contributed by atoms with Crippen molar-refractivity contribution in [1.29, 1.82) is 0 Å². The standard InChI is InChI=1S/C21H34Br2/c1-4-13-9-11-16-15-10-8-14-7-5-6-12-20(14,2)17(15)18(22)19(23)21(13,16)3/h13-19H,4-12H2,1-3H3/t13-,14+,15-,16-,17+,18-,19-,20-,21+/m0/s1. The van der Waals surface area contributed by atoms with Gasteiger partial charge in [-0.15, -0.1) is 0 Å². The second-order valence-corrected chi connectivity index (χ2v) is 11.8. The summed E-state index contributed by atoms with van der Waals surface area (Å²) in [4.78, 5) is 1.33. The van der Waals surface area contributed by atoms with Crippen LogP contribution < -0.4 is 0 Å². The van der Waals surface area contributed by atoms with Crippen LogP contribution in [-0.2, 0) is 0 Å². The molecule has 0 unspecified atom stereocenters. The summed E-state index contributed by atoms with van der Waals surface area (Å²) in [7, 11) is 0. The van der Waals surface area contributed by atoms with Gasteiger partial charge in [-0.2, -0.15) is 0 Å². The molecule has 0 bridgehead atoms. The summed E-state index contributed by atoms with van der Waals surface area (Å²) < 4.78 is 0. The number of fused-ring (bicyclic) bond motifs is 5. The van der Waals surface area contributed by atoms with E-state index in [2.05, 4.69) is 52.6 Å². The second kappa shape index (κ2) is 6.00. The number of alkyl halides is 2. The topological polar surface area (TPSA) is 0 Å². The van der Waals surface area contributed by atoms with Gasteiger partial charge < -0.3 is 0 Å². The Kier molecular flexibility index (Phi) is 4.53. The molecule has 0 aromatic rings. The van der Waals surface area contributed by atoms with E-state index >= 15 is 0 Å². The summed E-state index contributed by atoms with van der Waals surface area (Å²) in [6.07, 6.45) is 13.3. The Morgan fingerprint density at radius 1 is 0.957 bits per heavy atom. The van der Waals surface area contributed by atoms with Gasteiger partial charge in [0.2, 0.25) is 0 Å². The Bertz CT molecular complexity index is 463. The first-order valence-electron chi connectivity index (χ1n) is 10.2. The molecule has 4 fully saturated rings. The Morgan fingerprint density at radius 3 is 2.48 bits per heavy atom. The molecule has 0 spiro atoms. The largest absolute Gasteiger partial charge is 0.0875 e. The molecule has 0 saturated heterocycles. The number of rotatable bonds is 1. The monoisotopic (exact) mass is 444 g/mol. The van der Waals surface area contributed by atoms with Gasteiger partial charge in [-0.3, -0.25) is 0 Å². The van der Waals surface area contributed by atoms with E-state index < -0.39 is 0 Å². The lowest BCUT2D eigenvalue weighted by atomic mass is 9.44. The summed E-state index contributed by atoms with van der Waals surface area (Å²) in [6, 6.07) is 0. The van der Waals surface area contributed by atoms with E-state index in [9.17, 15) is 0 Å². The summed E-state index contributed by atoms with van der Waals surface area (Å²) in [5, 5.41) is 0. The normalized spacial score (nSPS) is 59.1. The lowest BCUT2D eigenvalue weighted by molar-refractivity contribution is -0.101. The molecule has 4 aliphatic carbocycles. The zero-order chi connectivity index (χ0) is 16.4. The molecule has 23 heavy (non-hydrogen) atoms. The zero-order valence-corrected chi connectivity index (χ0v) is 18.3. The van der Waals surface area contributed by atoms with Crippen LogP contribution in [0.3, 0.4) is 0 Å². The van der Waals surface area contributed by atoms with E-state index in [0.29, 0.717) is 20.5 Å². The minimum Gasteiger partial charge on any atom is -0.0875 e. The highest BCUT2D eigenvalue weighted by Gasteiger charge is 2.65. The van der Waals surface area contributed by atoms with E-state index in [1.807, 2.05) is 0 Å². The van der Waals surface area contributed by atoms with Gasteiger partial charge in [0.05, 0.1) is 0 Å². The molecule has 9 atom stereocenters. The molecule has 0 aromatic carbocycles. The maximum Gasteiger partial charge on any atom is 0.0333 e. The minimum absolute atomic E-state index is 0.516. The van der Waals surface area contributed by atoms with Gasteiger partial charge in [0, 0.05) is 9.65 Å². The first-order chi connectivity index (χ1) is 10.9. The molecular weight excluding hydrogens is 412 g/mol. The summed E-state index contributed by atoms with van der Waals surface area (Å²) in [5.41, 5.74) is 1.12. The molecule has 2 heteroatoms. The molecule has 0 N–H and O–H groups in total. The van der Waals surface area contributed by atoms with Crippen molar-refractivity contribution in [3.63, 3.8) is 0 Å². The van der Waals surface area contributed by atoms with E-state index in [4.69, 9.17) is 0 Å². The lowest BCUT2D eigenvalue weighted by Gasteiger charge is -2.63. The van der Waals surface area contributed by atoms with Crippen LogP contribution in [0.15, 0.2) is 0 Å². The van der Waals surface area contributed by atoms with Gasteiger partial charge in [0.15, 0.2) is 0 Å². The van der Waals surface area contributed by atoms with Crippen molar-refractivity contribution in [2.75, 3.05) is 0 Å². The molecule has 4 aliphatic rings. The minimum atomic E-state index is 0.516. The fraction of sp³-hybridized carbons (Fsp3) is 1.00.